The molecule has 2 aliphatic rings. The maximum Gasteiger partial charge on any atom is 0.133 e. The topological polar surface area (TPSA) is 16.1 Å². The van der Waals surface area contributed by atoms with E-state index < -0.39 is 0 Å². The molecule has 0 N–H and O–H groups in total. The molecule has 0 bridgehead atoms. The number of nitrogens with zero attached hydrogens (tertiary/aromatic N) is 2. The van der Waals surface area contributed by atoms with Crippen LogP contribution in [0.5, 0.6) is 0 Å². The van der Waals surface area contributed by atoms with Gasteiger partial charge in [0.05, 0.1) is 5.88 Å². The third-order valence-electron chi connectivity index (χ3n) is 4.32. The predicted molar refractivity (Wildman–Crippen MR) is 79.2 cm³/mol. The zero-order chi connectivity index (χ0) is 12.5. The molecular weight excluding hydrogens is 312 g/mol. The Kier molecular flexibility index (Phi) is 3.81. The van der Waals surface area contributed by atoms with Crippen molar-refractivity contribution in [3.05, 3.63) is 22.3 Å². The number of piperidine rings is 1. The van der Waals surface area contributed by atoms with Gasteiger partial charge < -0.3 is 4.90 Å². The van der Waals surface area contributed by atoms with Crippen molar-refractivity contribution in [3.63, 3.8) is 0 Å². The van der Waals surface area contributed by atoms with E-state index >= 15 is 0 Å². The van der Waals surface area contributed by atoms with Crippen molar-refractivity contribution in [3.8, 4) is 0 Å². The average molecular weight is 330 g/mol. The summed E-state index contributed by atoms with van der Waals surface area (Å²) in [6.07, 6.45) is 8.68. The Bertz CT molecular complexity index is 438. The molecule has 0 aromatic carbocycles. The normalized spacial score (nSPS) is 27.3. The summed E-state index contributed by atoms with van der Waals surface area (Å²) in [4.78, 5) is 7.15. The summed E-state index contributed by atoms with van der Waals surface area (Å²) in [5, 5.41) is 0. The minimum absolute atomic E-state index is 0.537. The average Bonchev–Trinajstić information content (AvgIpc) is 2.86. The lowest BCUT2D eigenvalue weighted by molar-refractivity contribution is 0.360. The van der Waals surface area contributed by atoms with Gasteiger partial charge in [-0.1, -0.05) is 6.42 Å². The first kappa shape index (κ1) is 12.7. The van der Waals surface area contributed by atoms with E-state index in [1.165, 1.54) is 32.1 Å². The lowest BCUT2D eigenvalue weighted by Crippen LogP contribution is -2.43. The number of fused-ring (bicyclic) bond motifs is 1. The number of hydrogen-bond donors (Lipinski definition) is 0. The number of hydrogen-bond acceptors (Lipinski definition) is 2. The fourth-order valence-electron chi connectivity index (χ4n) is 3.55. The second kappa shape index (κ2) is 5.38. The fourth-order valence-corrected chi connectivity index (χ4v) is 4.12. The van der Waals surface area contributed by atoms with E-state index in [0.29, 0.717) is 11.9 Å². The molecule has 2 nitrogen and oxygen atoms in total. The van der Waals surface area contributed by atoms with Crippen molar-refractivity contribution in [2.45, 2.75) is 44.0 Å². The molecule has 3 rings (SSSR count). The van der Waals surface area contributed by atoms with E-state index in [9.17, 15) is 0 Å². The number of aromatic nitrogens is 1. The van der Waals surface area contributed by atoms with Crippen molar-refractivity contribution in [2.24, 2.45) is 5.92 Å². The van der Waals surface area contributed by atoms with Gasteiger partial charge in [-0.25, -0.2) is 4.98 Å². The Morgan fingerprint density at radius 1 is 1.33 bits per heavy atom. The molecule has 2 heterocycles. The zero-order valence-electron chi connectivity index (χ0n) is 10.4. The Balaban J connectivity index is 1.93. The van der Waals surface area contributed by atoms with Crippen LogP contribution in [0.25, 0.3) is 0 Å². The van der Waals surface area contributed by atoms with Crippen LogP contribution in [0.15, 0.2) is 16.7 Å². The molecule has 2 unspecified atom stereocenters. The van der Waals surface area contributed by atoms with Crippen molar-refractivity contribution in [2.75, 3.05) is 11.4 Å². The standard InChI is InChI=1S/C14H18BrClN2/c15-12-7-11(8-16)14(17-9-12)18-6-2-4-10-3-1-5-13(10)18/h7,9-10,13H,1-6,8H2. The summed E-state index contributed by atoms with van der Waals surface area (Å²) in [6, 6.07) is 2.81. The molecule has 0 amide bonds. The fraction of sp³-hybridized carbons (Fsp3) is 0.643. The van der Waals surface area contributed by atoms with E-state index in [-0.39, 0.29) is 0 Å². The predicted octanol–water partition coefficient (Wildman–Crippen LogP) is 4.35. The number of rotatable bonds is 2. The summed E-state index contributed by atoms with van der Waals surface area (Å²) in [6.45, 7) is 1.14. The molecule has 98 valence electrons. The van der Waals surface area contributed by atoms with Crippen molar-refractivity contribution in [1.82, 2.24) is 4.98 Å². The van der Waals surface area contributed by atoms with Crippen LogP contribution in [0.4, 0.5) is 5.82 Å². The molecule has 0 spiro atoms. The highest BCUT2D eigenvalue weighted by Gasteiger charge is 2.36. The van der Waals surface area contributed by atoms with Crippen LogP contribution in [0.2, 0.25) is 0 Å². The summed E-state index contributed by atoms with van der Waals surface area (Å²) < 4.78 is 1.02. The molecule has 0 radical (unpaired) electrons. The highest BCUT2D eigenvalue weighted by molar-refractivity contribution is 9.10. The number of halogens is 2. The van der Waals surface area contributed by atoms with Crippen molar-refractivity contribution in [1.29, 1.82) is 0 Å². The monoisotopic (exact) mass is 328 g/mol. The van der Waals surface area contributed by atoms with Gasteiger partial charge in [-0.3, -0.25) is 0 Å². The Hall–Kier alpha value is -0.280. The zero-order valence-corrected chi connectivity index (χ0v) is 12.8. The summed E-state index contributed by atoms with van der Waals surface area (Å²) in [5.74, 6) is 2.53. The first-order valence-electron chi connectivity index (χ1n) is 6.76. The van der Waals surface area contributed by atoms with E-state index in [1.54, 1.807) is 0 Å². The van der Waals surface area contributed by atoms with E-state index in [1.807, 2.05) is 6.20 Å². The maximum atomic E-state index is 6.08. The van der Waals surface area contributed by atoms with Crippen LogP contribution in [0.3, 0.4) is 0 Å². The largest absolute Gasteiger partial charge is 0.353 e. The van der Waals surface area contributed by atoms with Crippen LogP contribution in [-0.2, 0) is 5.88 Å². The van der Waals surface area contributed by atoms with Crippen LogP contribution >= 0.6 is 27.5 Å². The van der Waals surface area contributed by atoms with Gasteiger partial charge in [0.1, 0.15) is 5.82 Å². The molecule has 2 fully saturated rings. The summed E-state index contributed by atoms with van der Waals surface area (Å²) >= 11 is 9.56. The minimum Gasteiger partial charge on any atom is -0.353 e. The van der Waals surface area contributed by atoms with Gasteiger partial charge in [0.25, 0.3) is 0 Å². The highest BCUT2D eigenvalue weighted by atomic mass is 79.9. The van der Waals surface area contributed by atoms with Crippen LogP contribution in [-0.4, -0.2) is 17.6 Å². The van der Waals surface area contributed by atoms with Gasteiger partial charge in [0.2, 0.25) is 0 Å². The molecule has 1 saturated heterocycles. The quantitative estimate of drug-likeness (QED) is 0.750. The molecule has 18 heavy (non-hydrogen) atoms. The molecule has 1 aromatic rings. The van der Waals surface area contributed by atoms with E-state index in [4.69, 9.17) is 11.6 Å². The first-order chi connectivity index (χ1) is 8.79. The highest BCUT2D eigenvalue weighted by Crippen LogP contribution is 2.39. The molecule has 1 aliphatic heterocycles. The van der Waals surface area contributed by atoms with Gasteiger partial charge in [0.15, 0.2) is 0 Å². The third-order valence-corrected chi connectivity index (χ3v) is 5.04. The van der Waals surface area contributed by atoms with E-state index in [0.717, 1.165) is 28.3 Å². The molecule has 1 aromatic heterocycles. The van der Waals surface area contributed by atoms with Gasteiger partial charge in [0, 0.05) is 28.8 Å². The van der Waals surface area contributed by atoms with Gasteiger partial charge >= 0.3 is 0 Å². The molecule has 2 atom stereocenters. The van der Waals surface area contributed by atoms with E-state index in [2.05, 4.69) is 31.9 Å². The lowest BCUT2D eigenvalue weighted by Gasteiger charge is -2.39. The van der Waals surface area contributed by atoms with Gasteiger partial charge in [-0.05, 0) is 53.6 Å². The first-order valence-corrected chi connectivity index (χ1v) is 8.09. The molecular formula is C14H18BrClN2. The maximum absolute atomic E-state index is 6.08. The Morgan fingerprint density at radius 2 is 2.17 bits per heavy atom. The molecule has 1 saturated carbocycles. The minimum atomic E-state index is 0.537. The number of alkyl halides is 1. The summed E-state index contributed by atoms with van der Waals surface area (Å²) in [5.41, 5.74) is 1.15. The number of anilines is 1. The van der Waals surface area contributed by atoms with Crippen LogP contribution < -0.4 is 4.90 Å². The summed E-state index contributed by atoms with van der Waals surface area (Å²) in [7, 11) is 0. The smallest absolute Gasteiger partial charge is 0.133 e. The second-order valence-electron chi connectivity index (χ2n) is 5.36. The van der Waals surface area contributed by atoms with Crippen molar-refractivity contribution >= 4 is 33.3 Å². The SMILES string of the molecule is ClCc1cc(Br)cnc1N1CCCC2CCCC21. The third kappa shape index (κ3) is 2.27. The Labute approximate surface area is 122 Å². The van der Waals surface area contributed by atoms with Crippen LogP contribution in [0.1, 0.15) is 37.7 Å². The van der Waals surface area contributed by atoms with Gasteiger partial charge in [-0.15, -0.1) is 11.6 Å². The second-order valence-corrected chi connectivity index (χ2v) is 6.55. The van der Waals surface area contributed by atoms with Crippen LogP contribution in [0, 0.1) is 5.92 Å². The number of pyridine rings is 1. The molecule has 1 aliphatic carbocycles. The van der Waals surface area contributed by atoms with Crippen molar-refractivity contribution < 1.29 is 0 Å². The lowest BCUT2D eigenvalue weighted by atomic mass is 9.92. The van der Waals surface area contributed by atoms with Gasteiger partial charge in [-0.2, -0.15) is 0 Å². The molecule has 4 heteroatoms. The Morgan fingerprint density at radius 3 is 3.00 bits per heavy atom.